The number of rotatable bonds is 13. The van der Waals surface area contributed by atoms with Crippen molar-refractivity contribution >= 4 is 46.8 Å². The van der Waals surface area contributed by atoms with Crippen LogP contribution in [0.2, 0.25) is 0 Å². The molecule has 1 fully saturated rings. The smallest absolute Gasteiger partial charge is 0.420 e. The van der Waals surface area contributed by atoms with Gasteiger partial charge in [0.2, 0.25) is 5.91 Å². The maximum atomic E-state index is 15.3. The summed E-state index contributed by atoms with van der Waals surface area (Å²) < 4.78 is 67.5. The molecule has 1 aliphatic rings. The van der Waals surface area contributed by atoms with E-state index in [4.69, 9.17) is 27.0 Å². The third kappa shape index (κ3) is 8.69. The van der Waals surface area contributed by atoms with Gasteiger partial charge in [-0.2, -0.15) is 18.4 Å². The lowest BCUT2D eigenvalue weighted by atomic mass is 9.88. The van der Waals surface area contributed by atoms with E-state index in [1.54, 1.807) is 24.3 Å². The predicted octanol–water partition coefficient (Wildman–Crippen LogP) is 6.60. The Morgan fingerprint density at radius 1 is 1.08 bits per heavy atom. The van der Waals surface area contributed by atoms with Crippen LogP contribution in [-0.4, -0.2) is 59.6 Å². The summed E-state index contributed by atoms with van der Waals surface area (Å²) in [4.78, 5) is 43.3. The van der Waals surface area contributed by atoms with E-state index in [1.807, 2.05) is 32.9 Å². The summed E-state index contributed by atoms with van der Waals surface area (Å²) >= 11 is 5.50. The van der Waals surface area contributed by atoms with Crippen LogP contribution < -0.4 is 19.9 Å². The number of aldehydes is 1. The SMILES string of the molecule is CC(C)(C)C(C=O)NC(=O)COCCCCOc1ccc(-c2ccc(N3C(=S)N(c4ccc(C#N)c(C(F)(F)F)c4F)C(=O)C3(C)C)cn2)cc1. The zero-order valence-corrected chi connectivity index (χ0v) is 29.5. The number of ether oxygens (including phenoxy) is 2. The summed E-state index contributed by atoms with van der Waals surface area (Å²) in [5.74, 6) is -2.25. The van der Waals surface area contributed by atoms with Gasteiger partial charge in [0, 0.05) is 12.2 Å². The normalized spacial score (nSPS) is 15.1. The third-order valence-corrected chi connectivity index (χ3v) is 8.53. The molecule has 3 aromatic rings. The summed E-state index contributed by atoms with van der Waals surface area (Å²) in [6.45, 7) is 9.23. The summed E-state index contributed by atoms with van der Waals surface area (Å²) in [7, 11) is 0. The van der Waals surface area contributed by atoms with Crippen LogP contribution in [0, 0.1) is 22.6 Å². The number of nitrogens with zero attached hydrogens (tertiary/aromatic N) is 4. The fourth-order valence-corrected chi connectivity index (χ4v) is 5.81. The average molecular weight is 728 g/mol. The third-order valence-electron chi connectivity index (χ3n) is 8.16. The molecule has 2 aromatic carbocycles. The van der Waals surface area contributed by atoms with Crippen LogP contribution in [0.4, 0.5) is 28.9 Å². The van der Waals surface area contributed by atoms with Crippen molar-refractivity contribution in [3.05, 3.63) is 71.7 Å². The number of carbonyl (C=O) groups excluding carboxylic acids is 3. The second kappa shape index (κ2) is 15.5. The lowest BCUT2D eigenvalue weighted by Gasteiger charge is -2.29. The van der Waals surface area contributed by atoms with Crippen LogP contribution in [-0.2, 0) is 25.3 Å². The minimum atomic E-state index is -5.18. The van der Waals surface area contributed by atoms with Crippen LogP contribution in [0.15, 0.2) is 54.7 Å². The number of hydrogen-bond acceptors (Lipinski definition) is 8. The largest absolute Gasteiger partial charge is 0.494 e. The lowest BCUT2D eigenvalue weighted by molar-refractivity contribution is -0.140. The van der Waals surface area contributed by atoms with E-state index in [9.17, 15) is 27.6 Å². The Bertz CT molecular complexity index is 1820. The van der Waals surface area contributed by atoms with Crippen molar-refractivity contribution in [1.29, 1.82) is 5.26 Å². The predicted molar refractivity (Wildman–Crippen MR) is 185 cm³/mol. The van der Waals surface area contributed by atoms with Crippen LogP contribution in [0.1, 0.15) is 58.6 Å². The Hall–Kier alpha value is -4.94. The fourth-order valence-electron chi connectivity index (χ4n) is 5.29. The highest BCUT2D eigenvalue weighted by Gasteiger charge is 2.52. The molecular weight excluding hydrogens is 690 g/mol. The minimum Gasteiger partial charge on any atom is -0.494 e. The maximum Gasteiger partial charge on any atom is 0.420 e. The highest BCUT2D eigenvalue weighted by molar-refractivity contribution is 7.81. The summed E-state index contributed by atoms with van der Waals surface area (Å²) in [5.41, 5.74) is -3.51. The zero-order valence-electron chi connectivity index (χ0n) is 28.6. The minimum absolute atomic E-state index is 0.137. The number of aromatic nitrogens is 1. The van der Waals surface area contributed by atoms with Crippen molar-refractivity contribution < 1.29 is 41.4 Å². The fraction of sp³-hybridized carbons (Fsp3) is 0.389. The van der Waals surface area contributed by atoms with Gasteiger partial charge < -0.3 is 24.5 Å². The summed E-state index contributed by atoms with van der Waals surface area (Å²) in [6.07, 6.45) is -1.66. The van der Waals surface area contributed by atoms with Crippen LogP contribution in [0.25, 0.3) is 11.3 Å². The number of carbonyl (C=O) groups is 3. The number of alkyl halides is 3. The van der Waals surface area contributed by atoms with Gasteiger partial charge in [-0.25, -0.2) is 4.39 Å². The molecule has 4 rings (SSSR count). The Kier molecular flexibility index (Phi) is 11.8. The first-order valence-electron chi connectivity index (χ1n) is 15.9. The molecule has 0 spiro atoms. The Morgan fingerprint density at radius 2 is 1.75 bits per heavy atom. The molecule has 51 heavy (non-hydrogen) atoms. The van der Waals surface area contributed by atoms with E-state index in [-0.39, 0.29) is 23.0 Å². The number of benzene rings is 2. The topological polar surface area (TPSA) is 125 Å². The zero-order chi connectivity index (χ0) is 37.7. The number of halogens is 4. The van der Waals surface area contributed by atoms with Crippen LogP contribution in [0.3, 0.4) is 0 Å². The number of anilines is 2. The standard InChI is InChI=1S/C36H37F4N5O5S/c1-34(2,3)28(20-46)43-29(47)21-49-16-6-7-17-50-25-12-8-22(9-13-25)26-14-11-24(19-42-26)45-33(51)44(32(48)35(45,4)5)27-15-10-23(18-41)30(31(27)37)36(38,39)40/h8-15,19-20,28H,6-7,16-17,21H2,1-5H3,(H,43,47). The molecule has 1 saturated heterocycles. The highest BCUT2D eigenvalue weighted by Crippen LogP contribution is 2.42. The molecular formula is C36H37F4N5O5S. The van der Waals surface area contributed by atoms with Gasteiger partial charge in [0.25, 0.3) is 5.91 Å². The van der Waals surface area contributed by atoms with E-state index in [2.05, 4.69) is 10.3 Å². The first-order chi connectivity index (χ1) is 23.9. The van der Waals surface area contributed by atoms with Gasteiger partial charge in [0.1, 0.15) is 29.7 Å². The van der Waals surface area contributed by atoms with Crippen molar-refractivity contribution in [1.82, 2.24) is 10.3 Å². The van der Waals surface area contributed by atoms with E-state index < -0.39 is 46.3 Å². The van der Waals surface area contributed by atoms with E-state index in [1.165, 1.54) is 31.0 Å². The van der Waals surface area contributed by atoms with Crippen LogP contribution >= 0.6 is 12.2 Å². The van der Waals surface area contributed by atoms with E-state index >= 15 is 4.39 Å². The summed E-state index contributed by atoms with van der Waals surface area (Å²) in [6, 6.07) is 13.0. The molecule has 0 radical (unpaired) electrons. The van der Waals surface area contributed by atoms with Crippen molar-refractivity contribution in [3.8, 4) is 23.1 Å². The molecule has 10 nitrogen and oxygen atoms in total. The molecule has 1 unspecified atom stereocenters. The lowest BCUT2D eigenvalue weighted by Crippen LogP contribution is -2.46. The van der Waals surface area contributed by atoms with Crippen molar-refractivity contribution in [2.24, 2.45) is 5.41 Å². The molecule has 1 N–H and O–H groups in total. The van der Waals surface area contributed by atoms with Crippen LogP contribution in [0.5, 0.6) is 5.75 Å². The second-order valence-electron chi connectivity index (χ2n) is 13.3. The van der Waals surface area contributed by atoms with E-state index in [0.29, 0.717) is 54.4 Å². The van der Waals surface area contributed by atoms with E-state index in [0.717, 1.165) is 17.7 Å². The second-order valence-corrected chi connectivity index (χ2v) is 13.7. The molecule has 1 aromatic heterocycles. The summed E-state index contributed by atoms with van der Waals surface area (Å²) in [5, 5.41) is 11.5. The number of pyridine rings is 1. The maximum absolute atomic E-state index is 15.3. The van der Waals surface area contributed by atoms with Gasteiger partial charge in [0.15, 0.2) is 10.9 Å². The molecule has 15 heteroatoms. The number of thiocarbonyl (C=S) groups is 1. The highest BCUT2D eigenvalue weighted by atomic mass is 32.1. The van der Waals surface area contributed by atoms with Crippen molar-refractivity contribution in [2.45, 2.75) is 65.2 Å². The van der Waals surface area contributed by atoms with Crippen molar-refractivity contribution in [2.75, 3.05) is 29.6 Å². The number of hydrogen-bond donors (Lipinski definition) is 1. The molecule has 1 atom stereocenters. The number of unbranched alkanes of at least 4 members (excludes halogenated alkanes) is 1. The van der Waals surface area contributed by atoms with Crippen molar-refractivity contribution in [3.63, 3.8) is 0 Å². The Morgan fingerprint density at radius 3 is 2.31 bits per heavy atom. The first kappa shape index (κ1) is 38.9. The van der Waals surface area contributed by atoms with Gasteiger partial charge in [-0.3, -0.25) is 19.5 Å². The quantitative estimate of drug-likeness (QED) is 0.0898. The monoisotopic (exact) mass is 727 g/mol. The molecule has 0 bridgehead atoms. The Labute approximate surface area is 298 Å². The first-order valence-corrected chi connectivity index (χ1v) is 16.3. The average Bonchev–Trinajstić information content (AvgIpc) is 3.24. The van der Waals surface area contributed by atoms with Gasteiger partial charge in [-0.1, -0.05) is 20.8 Å². The van der Waals surface area contributed by atoms with Gasteiger partial charge in [-0.05, 0) is 92.9 Å². The van der Waals surface area contributed by atoms with Gasteiger partial charge in [0.05, 0.1) is 47.5 Å². The molecule has 0 aliphatic carbocycles. The number of nitriles is 1. The van der Waals surface area contributed by atoms with Gasteiger partial charge in [-0.15, -0.1) is 0 Å². The van der Waals surface area contributed by atoms with Gasteiger partial charge >= 0.3 is 6.18 Å². The molecule has 2 heterocycles. The molecule has 270 valence electrons. The number of amides is 2. The Balaban J connectivity index is 1.34. The molecule has 1 aliphatic heterocycles. The number of nitrogens with one attached hydrogen (secondary N) is 1. The molecule has 2 amide bonds. The molecule has 0 saturated carbocycles.